The lowest BCUT2D eigenvalue weighted by atomic mass is 10.0. The molecule has 0 spiro atoms. The molecule has 4 heterocycles. The minimum atomic E-state index is -4.58. The number of halogens is 4. The smallest absolute Gasteiger partial charge is 0.416 e. The number of pyridine rings is 1. The minimum Gasteiger partial charge on any atom is -0.465 e. The van der Waals surface area contributed by atoms with E-state index in [2.05, 4.69) is 15.0 Å². The second-order valence-electron chi connectivity index (χ2n) is 8.97. The van der Waals surface area contributed by atoms with Crippen LogP contribution in [-0.2, 0) is 6.18 Å². The maximum Gasteiger partial charge on any atom is 0.416 e. The average molecular weight is 514 g/mol. The van der Waals surface area contributed by atoms with E-state index in [0.29, 0.717) is 23.3 Å². The number of piperazine rings is 1. The summed E-state index contributed by atoms with van der Waals surface area (Å²) < 4.78 is 56.7. The highest BCUT2D eigenvalue weighted by atomic mass is 19.4. The summed E-state index contributed by atoms with van der Waals surface area (Å²) in [5.41, 5.74) is -0.0357. The Morgan fingerprint density at radius 2 is 1.78 bits per heavy atom. The minimum absolute atomic E-state index is 0.0378. The number of aromatic nitrogens is 4. The Balaban J connectivity index is 1.74. The molecule has 1 amide bonds. The Kier molecular flexibility index (Phi) is 5.97. The van der Waals surface area contributed by atoms with E-state index in [1.165, 1.54) is 28.1 Å². The molecular weight excluding hydrogens is 492 g/mol. The van der Waals surface area contributed by atoms with E-state index in [4.69, 9.17) is 0 Å². The Labute approximate surface area is 208 Å². The summed E-state index contributed by atoms with van der Waals surface area (Å²) in [6.45, 7) is 4.15. The summed E-state index contributed by atoms with van der Waals surface area (Å²) in [6, 6.07) is 7.20. The van der Waals surface area contributed by atoms with E-state index in [9.17, 15) is 27.5 Å². The van der Waals surface area contributed by atoms with Crippen LogP contribution in [0.4, 0.5) is 28.2 Å². The number of rotatable bonds is 3. The molecule has 192 valence electrons. The lowest BCUT2D eigenvalue weighted by Gasteiger charge is -2.43. The maximum atomic E-state index is 15.0. The van der Waals surface area contributed by atoms with Gasteiger partial charge in [-0.15, -0.1) is 0 Å². The number of hydrogen-bond donors (Lipinski definition) is 1. The number of alkyl halides is 3. The number of amides is 1. The molecule has 1 aliphatic heterocycles. The molecule has 1 unspecified atom stereocenters. The summed E-state index contributed by atoms with van der Waals surface area (Å²) >= 11 is 0. The van der Waals surface area contributed by atoms with Crippen molar-refractivity contribution in [3.63, 3.8) is 0 Å². The molecule has 1 aliphatic rings. The van der Waals surface area contributed by atoms with E-state index in [-0.39, 0.29) is 35.7 Å². The summed E-state index contributed by atoms with van der Waals surface area (Å²) in [4.78, 5) is 27.9. The molecule has 3 aromatic heterocycles. The van der Waals surface area contributed by atoms with Crippen LogP contribution in [0.5, 0.6) is 0 Å². The number of anilines is 1. The zero-order valence-corrected chi connectivity index (χ0v) is 19.8. The van der Waals surface area contributed by atoms with Crippen molar-refractivity contribution in [3.8, 4) is 16.9 Å². The standard InChI is InChI=1S/C25H22F4N6O2/c1-14-11-34(24(36)37)15(2)10-33(14)22-21-18(17-5-3-4-6-19(17)26)12-35(23(21)32-13-31-22)20-9-16(7-8-30-20)25(27,28)29/h3-9,12-15H,10-11H2,1-2H3,(H,36,37)/t14?,15-/m0/s1. The van der Waals surface area contributed by atoms with Gasteiger partial charge in [0.1, 0.15) is 23.8 Å². The average Bonchev–Trinajstić information content (AvgIpc) is 3.25. The van der Waals surface area contributed by atoms with Crippen LogP contribution in [-0.4, -0.2) is 60.8 Å². The molecular formula is C25H22F4N6O2. The van der Waals surface area contributed by atoms with Gasteiger partial charge in [0.05, 0.1) is 10.9 Å². The number of nitrogens with zero attached hydrogens (tertiary/aromatic N) is 6. The molecule has 4 aromatic rings. The second-order valence-corrected chi connectivity index (χ2v) is 8.97. The lowest BCUT2D eigenvalue weighted by molar-refractivity contribution is -0.137. The van der Waals surface area contributed by atoms with Gasteiger partial charge in [-0.3, -0.25) is 4.57 Å². The second kappa shape index (κ2) is 9.02. The third kappa shape index (κ3) is 4.32. The van der Waals surface area contributed by atoms with Crippen LogP contribution >= 0.6 is 0 Å². The number of fused-ring (bicyclic) bond motifs is 1. The van der Waals surface area contributed by atoms with Gasteiger partial charge in [0.15, 0.2) is 5.65 Å². The van der Waals surface area contributed by atoms with Crippen molar-refractivity contribution >= 4 is 22.9 Å². The molecule has 2 atom stereocenters. The first-order valence-corrected chi connectivity index (χ1v) is 11.5. The Morgan fingerprint density at radius 3 is 2.49 bits per heavy atom. The molecule has 1 aromatic carbocycles. The summed E-state index contributed by atoms with van der Waals surface area (Å²) in [7, 11) is 0. The molecule has 8 nitrogen and oxygen atoms in total. The van der Waals surface area contributed by atoms with Crippen LogP contribution in [0.25, 0.3) is 28.0 Å². The van der Waals surface area contributed by atoms with Crippen molar-refractivity contribution in [3.05, 3.63) is 66.5 Å². The number of carboxylic acid groups (broad SMARTS) is 1. The van der Waals surface area contributed by atoms with Gasteiger partial charge in [0.2, 0.25) is 0 Å². The molecule has 0 radical (unpaired) electrons. The van der Waals surface area contributed by atoms with Crippen LogP contribution in [0.15, 0.2) is 55.1 Å². The van der Waals surface area contributed by atoms with Gasteiger partial charge in [0, 0.05) is 48.7 Å². The van der Waals surface area contributed by atoms with Crippen LogP contribution in [0, 0.1) is 5.82 Å². The van der Waals surface area contributed by atoms with E-state index >= 15 is 0 Å². The number of hydrogen-bond acceptors (Lipinski definition) is 5. The quantitative estimate of drug-likeness (QED) is 0.378. The van der Waals surface area contributed by atoms with Crippen LogP contribution < -0.4 is 4.90 Å². The predicted octanol–water partition coefficient (Wildman–Crippen LogP) is 5.22. The van der Waals surface area contributed by atoms with Crippen molar-refractivity contribution in [1.82, 2.24) is 24.4 Å². The third-order valence-corrected chi connectivity index (χ3v) is 6.55. The fraction of sp³-hybridized carbons (Fsp3) is 0.280. The van der Waals surface area contributed by atoms with E-state index in [0.717, 1.165) is 18.3 Å². The van der Waals surface area contributed by atoms with Crippen LogP contribution in [0.1, 0.15) is 19.4 Å². The topological polar surface area (TPSA) is 87.4 Å². The third-order valence-electron chi connectivity index (χ3n) is 6.55. The van der Waals surface area contributed by atoms with E-state index in [1.54, 1.807) is 25.1 Å². The molecule has 1 fully saturated rings. The fourth-order valence-electron chi connectivity index (χ4n) is 4.74. The van der Waals surface area contributed by atoms with Gasteiger partial charge in [0.25, 0.3) is 0 Å². The first-order valence-electron chi connectivity index (χ1n) is 11.5. The Hall–Kier alpha value is -4.22. The molecule has 0 aliphatic carbocycles. The van der Waals surface area contributed by atoms with Gasteiger partial charge in [-0.25, -0.2) is 24.1 Å². The molecule has 37 heavy (non-hydrogen) atoms. The molecule has 0 bridgehead atoms. The van der Waals surface area contributed by atoms with Crippen molar-refractivity contribution in [2.45, 2.75) is 32.1 Å². The number of benzene rings is 1. The maximum absolute atomic E-state index is 15.0. The summed E-state index contributed by atoms with van der Waals surface area (Å²) in [6.07, 6.45) is -1.76. The van der Waals surface area contributed by atoms with Crippen LogP contribution in [0.3, 0.4) is 0 Å². The normalized spacial score (nSPS) is 18.4. The predicted molar refractivity (Wildman–Crippen MR) is 128 cm³/mol. The van der Waals surface area contributed by atoms with Gasteiger partial charge in [-0.05, 0) is 32.0 Å². The van der Waals surface area contributed by atoms with E-state index in [1.807, 2.05) is 11.8 Å². The fourth-order valence-corrected chi connectivity index (χ4v) is 4.74. The van der Waals surface area contributed by atoms with Gasteiger partial charge < -0.3 is 14.9 Å². The van der Waals surface area contributed by atoms with Crippen molar-refractivity contribution in [1.29, 1.82) is 0 Å². The highest BCUT2D eigenvalue weighted by Crippen LogP contribution is 2.39. The molecule has 1 N–H and O–H groups in total. The van der Waals surface area contributed by atoms with Gasteiger partial charge >= 0.3 is 12.3 Å². The highest BCUT2D eigenvalue weighted by molar-refractivity contribution is 6.02. The monoisotopic (exact) mass is 514 g/mol. The van der Waals surface area contributed by atoms with Crippen LogP contribution in [0.2, 0.25) is 0 Å². The Morgan fingerprint density at radius 1 is 1.03 bits per heavy atom. The largest absolute Gasteiger partial charge is 0.465 e. The molecule has 12 heteroatoms. The number of carbonyl (C=O) groups is 1. The van der Waals surface area contributed by atoms with Crippen molar-refractivity contribution < 1.29 is 27.5 Å². The van der Waals surface area contributed by atoms with Gasteiger partial charge in [-0.2, -0.15) is 13.2 Å². The highest BCUT2D eigenvalue weighted by Gasteiger charge is 2.35. The first kappa shape index (κ1) is 24.5. The first-order chi connectivity index (χ1) is 17.6. The van der Waals surface area contributed by atoms with Crippen molar-refractivity contribution in [2.24, 2.45) is 0 Å². The molecule has 1 saturated heterocycles. The SMILES string of the molecule is CC1CN(C(=O)O)[C@@H](C)CN1c1ncnc2c1c(-c1ccccc1F)cn2-c1cc(C(F)(F)F)ccn1. The molecule has 5 rings (SSSR count). The lowest BCUT2D eigenvalue weighted by Crippen LogP contribution is -2.58. The zero-order chi connectivity index (χ0) is 26.5. The summed E-state index contributed by atoms with van der Waals surface area (Å²) in [5, 5.41) is 9.96. The zero-order valence-electron chi connectivity index (χ0n) is 19.8. The van der Waals surface area contributed by atoms with Gasteiger partial charge in [-0.1, -0.05) is 18.2 Å². The van der Waals surface area contributed by atoms with Crippen molar-refractivity contribution in [2.75, 3.05) is 18.0 Å². The summed E-state index contributed by atoms with van der Waals surface area (Å²) in [5.74, 6) is -0.131. The van der Waals surface area contributed by atoms with E-state index < -0.39 is 23.7 Å². The molecule has 0 saturated carbocycles. The Bertz CT molecular complexity index is 1490.